The number of hydrogen-bond donors (Lipinski definition) is 1. The molecule has 1 aromatic carbocycles. The molecule has 1 aliphatic rings. The van der Waals surface area contributed by atoms with E-state index in [4.69, 9.17) is 0 Å². The molecule has 1 N–H and O–H groups in total. The standard InChI is InChI=1S/C11H14N2O2S/c1-8(2)7-11-12-9-5-3-4-6-10(9)16(14,15)13-11/h3-6,8H,7H2,1-2H3,(H,12,13). The van der Waals surface area contributed by atoms with Crippen LogP contribution in [0.4, 0.5) is 5.69 Å². The van der Waals surface area contributed by atoms with Crippen molar-refractivity contribution in [3.05, 3.63) is 24.3 Å². The van der Waals surface area contributed by atoms with Gasteiger partial charge in [0, 0.05) is 6.42 Å². The summed E-state index contributed by atoms with van der Waals surface area (Å²) in [5.74, 6) is 0.889. The smallest absolute Gasteiger partial charge is 0.286 e. The summed E-state index contributed by atoms with van der Waals surface area (Å²) in [5, 5.41) is 3.05. The van der Waals surface area contributed by atoms with Gasteiger partial charge >= 0.3 is 0 Å². The van der Waals surface area contributed by atoms with E-state index >= 15 is 0 Å². The van der Waals surface area contributed by atoms with E-state index in [1.54, 1.807) is 24.3 Å². The zero-order valence-corrected chi connectivity index (χ0v) is 10.1. The molecule has 0 spiro atoms. The van der Waals surface area contributed by atoms with Crippen LogP contribution in [0.25, 0.3) is 0 Å². The summed E-state index contributed by atoms with van der Waals surface area (Å²) in [4.78, 5) is 0.252. The molecule has 0 unspecified atom stereocenters. The van der Waals surface area contributed by atoms with Gasteiger partial charge in [0.2, 0.25) is 0 Å². The van der Waals surface area contributed by atoms with E-state index in [2.05, 4.69) is 9.71 Å². The molecule has 0 aromatic heterocycles. The van der Waals surface area contributed by atoms with Crippen molar-refractivity contribution in [2.24, 2.45) is 10.3 Å². The second kappa shape index (κ2) is 3.90. The minimum absolute atomic E-state index is 0.252. The largest absolute Gasteiger partial charge is 0.342 e. The summed E-state index contributed by atoms with van der Waals surface area (Å²) in [6.45, 7) is 4.05. The lowest BCUT2D eigenvalue weighted by Crippen LogP contribution is -2.22. The summed E-state index contributed by atoms with van der Waals surface area (Å²) < 4.78 is 27.4. The molecule has 0 saturated carbocycles. The molecule has 2 rings (SSSR count). The molecule has 0 atom stereocenters. The summed E-state index contributed by atoms with van der Waals surface area (Å²) in [7, 11) is -3.51. The molecule has 0 fully saturated rings. The lowest BCUT2D eigenvalue weighted by Gasteiger charge is -2.18. The molecular weight excluding hydrogens is 224 g/mol. The monoisotopic (exact) mass is 238 g/mol. The summed E-state index contributed by atoms with van der Waals surface area (Å²) in [6, 6.07) is 6.82. The maximum atomic E-state index is 11.8. The minimum atomic E-state index is -3.51. The Balaban J connectivity index is 2.44. The van der Waals surface area contributed by atoms with E-state index in [1.165, 1.54) is 0 Å². The number of hydrogen-bond acceptors (Lipinski definition) is 3. The molecule has 1 aromatic rings. The van der Waals surface area contributed by atoms with Gasteiger partial charge in [-0.2, -0.15) is 8.42 Å². The number of rotatable bonds is 2. The molecule has 5 heteroatoms. The van der Waals surface area contributed by atoms with Gasteiger partial charge in [0.25, 0.3) is 10.0 Å². The first kappa shape index (κ1) is 11.1. The van der Waals surface area contributed by atoms with E-state index in [9.17, 15) is 8.42 Å². The number of nitrogens with one attached hydrogen (secondary N) is 1. The number of fused-ring (bicyclic) bond motifs is 1. The van der Waals surface area contributed by atoms with Gasteiger partial charge in [-0.3, -0.25) is 0 Å². The second-order valence-electron chi connectivity index (χ2n) is 4.23. The van der Waals surface area contributed by atoms with Crippen LogP contribution < -0.4 is 5.32 Å². The van der Waals surface area contributed by atoms with Crippen molar-refractivity contribution in [2.75, 3.05) is 5.32 Å². The highest BCUT2D eigenvalue weighted by atomic mass is 32.2. The molecular formula is C11H14N2O2S. The Bertz CT molecular complexity index is 533. The fourth-order valence-electron chi connectivity index (χ4n) is 1.64. The molecule has 0 bridgehead atoms. The third-order valence-corrected chi connectivity index (χ3v) is 3.65. The first-order valence-corrected chi connectivity index (χ1v) is 6.63. The van der Waals surface area contributed by atoms with E-state index in [1.807, 2.05) is 13.8 Å². The van der Waals surface area contributed by atoms with Gasteiger partial charge < -0.3 is 5.32 Å². The van der Waals surface area contributed by atoms with Crippen LogP contribution in [0.2, 0.25) is 0 Å². The van der Waals surface area contributed by atoms with Crippen LogP contribution in [-0.2, 0) is 10.0 Å². The van der Waals surface area contributed by atoms with E-state index in [0.717, 1.165) is 0 Å². The van der Waals surface area contributed by atoms with E-state index in [-0.39, 0.29) is 4.90 Å². The molecule has 0 saturated heterocycles. The van der Waals surface area contributed by atoms with Crippen LogP contribution >= 0.6 is 0 Å². The Morgan fingerprint density at radius 2 is 2.00 bits per heavy atom. The molecule has 1 aliphatic heterocycles. The second-order valence-corrected chi connectivity index (χ2v) is 5.80. The predicted molar refractivity (Wildman–Crippen MR) is 64.1 cm³/mol. The number of sulfonamides is 1. The Morgan fingerprint density at radius 1 is 1.31 bits per heavy atom. The first-order chi connectivity index (χ1) is 7.49. The van der Waals surface area contributed by atoms with Crippen LogP contribution in [0, 0.1) is 5.92 Å². The average molecular weight is 238 g/mol. The Kier molecular flexibility index (Phi) is 2.71. The van der Waals surface area contributed by atoms with Crippen molar-refractivity contribution < 1.29 is 8.42 Å². The summed E-state index contributed by atoms with van der Waals surface area (Å²) in [6.07, 6.45) is 0.633. The molecule has 86 valence electrons. The van der Waals surface area contributed by atoms with Crippen LogP contribution in [0.1, 0.15) is 20.3 Å². The minimum Gasteiger partial charge on any atom is -0.342 e. The van der Waals surface area contributed by atoms with E-state index in [0.29, 0.717) is 23.9 Å². The van der Waals surface area contributed by atoms with Crippen LogP contribution in [0.3, 0.4) is 0 Å². The third-order valence-electron chi connectivity index (χ3n) is 2.28. The van der Waals surface area contributed by atoms with Gasteiger partial charge in [-0.05, 0) is 18.1 Å². The van der Waals surface area contributed by atoms with Crippen molar-refractivity contribution in [3.8, 4) is 0 Å². The van der Waals surface area contributed by atoms with Crippen molar-refractivity contribution in [1.82, 2.24) is 0 Å². The first-order valence-electron chi connectivity index (χ1n) is 5.19. The molecule has 0 amide bonds. The number of anilines is 1. The Morgan fingerprint density at radius 3 is 2.69 bits per heavy atom. The SMILES string of the molecule is CC(C)CC1=NS(=O)(=O)c2ccccc2N1. The highest BCUT2D eigenvalue weighted by Gasteiger charge is 2.24. The molecule has 0 aliphatic carbocycles. The van der Waals surface area contributed by atoms with Crippen molar-refractivity contribution >= 4 is 21.5 Å². The number of nitrogens with zero attached hydrogens (tertiary/aromatic N) is 1. The molecule has 1 heterocycles. The molecule has 4 nitrogen and oxygen atoms in total. The predicted octanol–water partition coefficient (Wildman–Crippen LogP) is 2.25. The van der Waals surface area contributed by atoms with Crippen LogP contribution in [0.5, 0.6) is 0 Å². The van der Waals surface area contributed by atoms with Gasteiger partial charge in [0.05, 0.1) is 5.69 Å². The quantitative estimate of drug-likeness (QED) is 0.859. The van der Waals surface area contributed by atoms with Gasteiger partial charge in [-0.1, -0.05) is 26.0 Å². The zero-order valence-electron chi connectivity index (χ0n) is 9.27. The maximum absolute atomic E-state index is 11.8. The van der Waals surface area contributed by atoms with Gasteiger partial charge in [0.1, 0.15) is 10.7 Å². The van der Waals surface area contributed by atoms with Crippen molar-refractivity contribution in [2.45, 2.75) is 25.2 Å². The van der Waals surface area contributed by atoms with Crippen molar-refractivity contribution in [3.63, 3.8) is 0 Å². The fraction of sp³-hybridized carbons (Fsp3) is 0.364. The van der Waals surface area contributed by atoms with Gasteiger partial charge in [-0.25, -0.2) is 0 Å². The molecule has 16 heavy (non-hydrogen) atoms. The maximum Gasteiger partial charge on any atom is 0.286 e. The number of para-hydroxylation sites is 1. The average Bonchev–Trinajstić information content (AvgIpc) is 2.15. The third kappa shape index (κ3) is 2.09. The fourth-order valence-corrected chi connectivity index (χ4v) is 2.80. The van der Waals surface area contributed by atoms with E-state index < -0.39 is 10.0 Å². The van der Waals surface area contributed by atoms with Crippen LogP contribution in [-0.4, -0.2) is 14.3 Å². The normalized spacial score (nSPS) is 17.6. The topological polar surface area (TPSA) is 58.5 Å². The van der Waals surface area contributed by atoms with Gasteiger partial charge in [-0.15, -0.1) is 4.40 Å². The van der Waals surface area contributed by atoms with Gasteiger partial charge in [0.15, 0.2) is 0 Å². The number of benzene rings is 1. The highest BCUT2D eigenvalue weighted by Crippen LogP contribution is 2.27. The summed E-state index contributed by atoms with van der Waals surface area (Å²) in [5.41, 5.74) is 0.619. The lowest BCUT2D eigenvalue weighted by molar-refractivity contribution is 0.597. The Labute approximate surface area is 95.5 Å². The molecule has 0 radical (unpaired) electrons. The number of amidine groups is 1. The highest BCUT2D eigenvalue weighted by molar-refractivity contribution is 7.90. The zero-order chi connectivity index (χ0) is 11.8. The van der Waals surface area contributed by atoms with Crippen molar-refractivity contribution in [1.29, 1.82) is 0 Å². The lowest BCUT2D eigenvalue weighted by atomic mass is 10.1. The van der Waals surface area contributed by atoms with Crippen LogP contribution in [0.15, 0.2) is 33.6 Å². The summed E-state index contributed by atoms with van der Waals surface area (Å²) >= 11 is 0. The Hall–Kier alpha value is -1.36.